The molecule has 6 nitrogen and oxygen atoms in total. The number of rotatable bonds is 4. The van der Waals surface area contributed by atoms with Gasteiger partial charge in [-0.15, -0.1) is 11.8 Å². The summed E-state index contributed by atoms with van der Waals surface area (Å²) < 4.78 is 0. The van der Waals surface area contributed by atoms with Crippen molar-refractivity contribution >= 4 is 35.0 Å². The topological polar surface area (TPSA) is 69.6 Å². The average molecular weight is 436 g/mol. The normalized spacial score (nSPS) is 24.6. The van der Waals surface area contributed by atoms with Crippen molar-refractivity contribution in [1.82, 2.24) is 9.88 Å². The average Bonchev–Trinajstić information content (AvgIpc) is 3.32. The summed E-state index contributed by atoms with van der Waals surface area (Å²) in [7, 11) is 0. The predicted molar refractivity (Wildman–Crippen MR) is 127 cm³/mol. The Bertz CT molecular complexity index is 959. The Labute approximate surface area is 187 Å². The zero-order valence-corrected chi connectivity index (χ0v) is 18.5. The molecule has 2 aliphatic heterocycles. The van der Waals surface area contributed by atoms with E-state index in [0.29, 0.717) is 18.3 Å². The highest BCUT2D eigenvalue weighted by Gasteiger charge is 2.45. The van der Waals surface area contributed by atoms with Crippen LogP contribution in [-0.4, -0.2) is 52.0 Å². The third kappa shape index (κ3) is 4.42. The molecule has 7 heteroatoms. The van der Waals surface area contributed by atoms with Crippen LogP contribution in [0.4, 0.5) is 11.5 Å². The number of carbonyl (C=O) groups excluding carboxylic acids is 1. The second-order valence-corrected chi connectivity index (χ2v) is 9.72. The second kappa shape index (κ2) is 8.91. The number of aromatic nitrogens is 1. The van der Waals surface area contributed by atoms with Crippen LogP contribution >= 0.6 is 11.8 Å². The monoisotopic (exact) mass is 435 g/mol. The molecular weight excluding hydrogens is 406 g/mol. The summed E-state index contributed by atoms with van der Waals surface area (Å²) in [6, 6.07) is 14.5. The first-order chi connectivity index (χ1) is 15.2. The van der Waals surface area contributed by atoms with Gasteiger partial charge in [-0.1, -0.05) is 31.0 Å². The van der Waals surface area contributed by atoms with E-state index in [1.807, 2.05) is 29.2 Å². The van der Waals surface area contributed by atoms with Gasteiger partial charge in [-0.25, -0.2) is 4.98 Å². The van der Waals surface area contributed by atoms with Crippen LogP contribution in [0.3, 0.4) is 0 Å². The van der Waals surface area contributed by atoms with E-state index in [2.05, 4.69) is 33.8 Å². The molecule has 1 aliphatic carbocycles. The van der Waals surface area contributed by atoms with Crippen molar-refractivity contribution in [3.05, 3.63) is 48.7 Å². The molecule has 3 aliphatic rings. The number of aliphatic imine (C=N–C) groups is 1. The minimum atomic E-state index is -0.371. The zero-order chi connectivity index (χ0) is 21.1. The molecule has 2 aromatic rings. The fourth-order valence-corrected chi connectivity index (χ4v) is 5.67. The van der Waals surface area contributed by atoms with Gasteiger partial charge in [-0.3, -0.25) is 9.79 Å². The molecule has 1 amide bonds. The summed E-state index contributed by atoms with van der Waals surface area (Å²) in [5, 5.41) is 7.27. The van der Waals surface area contributed by atoms with E-state index in [9.17, 15) is 4.79 Å². The SMILES string of the molecule is O=C(CSc1ccccc1)N1CCC[C@@]2(C1)Nc1cccnc1NC2=NC1CCCC1. The molecule has 1 saturated carbocycles. The van der Waals surface area contributed by atoms with Crippen molar-refractivity contribution in [3.63, 3.8) is 0 Å². The fraction of sp³-hybridized carbons (Fsp3) is 0.458. The number of benzene rings is 1. The number of carbonyl (C=O) groups is 1. The van der Waals surface area contributed by atoms with Gasteiger partial charge in [0.15, 0.2) is 5.82 Å². The maximum Gasteiger partial charge on any atom is 0.233 e. The molecule has 3 heterocycles. The summed E-state index contributed by atoms with van der Waals surface area (Å²) in [4.78, 5) is 25.9. The van der Waals surface area contributed by atoms with Crippen molar-refractivity contribution in [3.8, 4) is 0 Å². The van der Waals surface area contributed by atoms with E-state index in [1.54, 1.807) is 18.0 Å². The zero-order valence-electron chi connectivity index (χ0n) is 17.7. The molecular formula is C24H29N5OS. The van der Waals surface area contributed by atoms with Crippen molar-refractivity contribution in [2.45, 2.75) is 55.0 Å². The quantitative estimate of drug-likeness (QED) is 0.696. The van der Waals surface area contributed by atoms with Crippen LogP contribution in [0.5, 0.6) is 0 Å². The Morgan fingerprint density at radius 3 is 2.84 bits per heavy atom. The molecule has 1 spiro atoms. The van der Waals surface area contributed by atoms with Crippen molar-refractivity contribution in [2.24, 2.45) is 4.99 Å². The molecule has 2 fully saturated rings. The lowest BCUT2D eigenvalue weighted by atomic mass is 9.85. The standard InChI is InChI=1S/C24H29N5OS/c30-21(16-31-19-10-2-1-3-11-19)29-15-7-13-24(17-29)23(26-18-8-4-5-9-18)27-22-20(28-24)12-6-14-25-22/h1-3,6,10-12,14,18,28H,4-5,7-9,13,15-17H2,(H,25,26,27)/t24-/m0/s1. The van der Waals surface area contributed by atoms with E-state index in [4.69, 9.17) is 4.99 Å². The summed E-state index contributed by atoms with van der Waals surface area (Å²) in [5.41, 5.74) is 0.616. The van der Waals surface area contributed by atoms with E-state index in [-0.39, 0.29) is 11.4 Å². The maximum atomic E-state index is 13.1. The number of pyridine rings is 1. The molecule has 1 aromatic carbocycles. The van der Waals surface area contributed by atoms with E-state index in [0.717, 1.165) is 54.5 Å². The molecule has 0 unspecified atom stereocenters. The highest BCUT2D eigenvalue weighted by Crippen LogP contribution is 2.36. The van der Waals surface area contributed by atoms with Gasteiger partial charge in [0.25, 0.3) is 0 Å². The number of hydrogen-bond donors (Lipinski definition) is 2. The fourth-order valence-electron chi connectivity index (χ4n) is 4.84. The van der Waals surface area contributed by atoms with Crippen LogP contribution in [0.25, 0.3) is 0 Å². The van der Waals surface area contributed by atoms with Crippen molar-refractivity contribution < 1.29 is 4.79 Å². The second-order valence-electron chi connectivity index (χ2n) is 8.67. The van der Waals surface area contributed by atoms with Gasteiger partial charge >= 0.3 is 0 Å². The highest BCUT2D eigenvalue weighted by atomic mass is 32.2. The van der Waals surface area contributed by atoms with E-state index >= 15 is 0 Å². The molecule has 31 heavy (non-hydrogen) atoms. The Morgan fingerprint density at radius 1 is 1.16 bits per heavy atom. The van der Waals surface area contributed by atoms with Gasteiger partial charge in [0.05, 0.1) is 24.0 Å². The number of thioether (sulfide) groups is 1. The number of nitrogens with zero attached hydrogens (tertiary/aromatic N) is 3. The van der Waals surface area contributed by atoms with Crippen molar-refractivity contribution in [2.75, 3.05) is 29.5 Å². The molecule has 0 radical (unpaired) electrons. The number of piperidine rings is 1. The van der Waals surface area contributed by atoms with Gasteiger partial charge in [0, 0.05) is 17.6 Å². The van der Waals surface area contributed by atoms with Crippen LogP contribution in [0.15, 0.2) is 58.5 Å². The summed E-state index contributed by atoms with van der Waals surface area (Å²) in [6.45, 7) is 1.43. The van der Waals surface area contributed by atoms with Crippen LogP contribution in [-0.2, 0) is 4.79 Å². The van der Waals surface area contributed by atoms with Gasteiger partial charge < -0.3 is 15.5 Å². The molecule has 0 bridgehead atoms. The third-order valence-electron chi connectivity index (χ3n) is 6.46. The number of amides is 1. The smallest absolute Gasteiger partial charge is 0.233 e. The van der Waals surface area contributed by atoms with Gasteiger partial charge in [-0.05, 0) is 49.9 Å². The lowest BCUT2D eigenvalue weighted by Crippen LogP contribution is -2.63. The van der Waals surface area contributed by atoms with Crippen LogP contribution < -0.4 is 10.6 Å². The minimum absolute atomic E-state index is 0.187. The number of anilines is 2. The molecule has 2 N–H and O–H groups in total. The summed E-state index contributed by atoms with van der Waals surface area (Å²) >= 11 is 1.61. The Balaban J connectivity index is 1.37. The first kappa shape index (κ1) is 20.4. The number of amidine groups is 1. The van der Waals surface area contributed by atoms with Gasteiger partial charge in [-0.2, -0.15) is 0 Å². The Hall–Kier alpha value is -2.54. The van der Waals surface area contributed by atoms with E-state index < -0.39 is 0 Å². The van der Waals surface area contributed by atoms with Gasteiger partial charge in [0.1, 0.15) is 11.4 Å². The van der Waals surface area contributed by atoms with Crippen molar-refractivity contribution in [1.29, 1.82) is 0 Å². The first-order valence-corrected chi connectivity index (χ1v) is 12.2. The van der Waals surface area contributed by atoms with Crippen LogP contribution in [0, 0.1) is 0 Å². The molecule has 1 aromatic heterocycles. The Morgan fingerprint density at radius 2 is 2.00 bits per heavy atom. The molecule has 1 saturated heterocycles. The molecule has 1 atom stereocenters. The summed E-state index contributed by atoms with van der Waals surface area (Å²) in [5.74, 6) is 2.43. The summed E-state index contributed by atoms with van der Waals surface area (Å²) in [6.07, 6.45) is 8.50. The highest BCUT2D eigenvalue weighted by molar-refractivity contribution is 8.00. The Kier molecular flexibility index (Phi) is 5.85. The lowest BCUT2D eigenvalue weighted by molar-refractivity contribution is -0.129. The largest absolute Gasteiger partial charge is 0.368 e. The van der Waals surface area contributed by atoms with E-state index in [1.165, 1.54) is 12.8 Å². The predicted octanol–water partition coefficient (Wildman–Crippen LogP) is 4.41. The lowest BCUT2D eigenvalue weighted by Gasteiger charge is -2.47. The number of likely N-dealkylation sites (tertiary alicyclic amines) is 1. The number of nitrogens with one attached hydrogen (secondary N) is 2. The third-order valence-corrected chi connectivity index (χ3v) is 7.46. The maximum absolute atomic E-state index is 13.1. The molecule has 162 valence electrons. The van der Waals surface area contributed by atoms with Crippen LogP contribution in [0.2, 0.25) is 0 Å². The minimum Gasteiger partial charge on any atom is -0.368 e. The number of fused-ring (bicyclic) bond motifs is 1. The first-order valence-electron chi connectivity index (χ1n) is 11.3. The van der Waals surface area contributed by atoms with Crippen LogP contribution in [0.1, 0.15) is 38.5 Å². The molecule has 5 rings (SSSR count). The number of hydrogen-bond acceptors (Lipinski definition) is 5. The van der Waals surface area contributed by atoms with Gasteiger partial charge in [0.2, 0.25) is 5.91 Å².